The molecule has 4 nitrogen and oxygen atoms in total. The first-order valence-electron chi connectivity index (χ1n) is 7.47. The first-order chi connectivity index (χ1) is 11.5. The zero-order chi connectivity index (χ0) is 17.6. The number of nitrogens with two attached hydrogens (primary N) is 1. The number of carbonyl (C=O) groups is 2. The summed E-state index contributed by atoms with van der Waals surface area (Å²) in [6, 6.07) is 16.3. The highest BCUT2D eigenvalue weighted by Gasteiger charge is 2.40. The van der Waals surface area contributed by atoms with Crippen molar-refractivity contribution in [2.45, 2.75) is 12.3 Å². The van der Waals surface area contributed by atoms with Crippen LogP contribution in [0.15, 0.2) is 60.7 Å². The second-order valence-corrected chi connectivity index (χ2v) is 6.43. The Hall–Kier alpha value is -2.15. The van der Waals surface area contributed by atoms with E-state index >= 15 is 0 Å². The molecule has 5 heteroatoms. The molecule has 124 valence electrons. The Morgan fingerprint density at radius 3 is 2.33 bits per heavy atom. The van der Waals surface area contributed by atoms with Crippen molar-refractivity contribution in [3.63, 3.8) is 0 Å². The third-order valence-corrected chi connectivity index (χ3v) is 4.33. The summed E-state index contributed by atoms with van der Waals surface area (Å²) >= 11 is 2.20. The van der Waals surface area contributed by atoms with Crippen LogP contribution in [0.3, 0.4) is 0 Å². The molecule has 1 unspecified atom stereocenters. The lowest BCUT2D eigenvalue weighted by atomic mass is 9.80. The van der Waals surface area contributed by atoms with Crippen molar-refractivity contribution in [1.82, 2.24) is 0 Å². The molecule has 0 heterocycles. The standard InChI is InChI=1S/C19H18INO3/c1-2-24-18(23)19(13-22,15-6-4-3-5-7-15)12-17(21)14-8-10-16(20)11-9-14/h3-13H,2,21H2,1H3. The average molecular weight is 435 g/mol. The van der Waals surface area contributed by atoms with E-state index in [1.165, 1.54) is 6.08 Å². The van der Waals surface area contributed by atoms with Crippen molar-refractivity contribution >= 4 is 40.5 Å². The molecule has 2 aromatic rings. The largest absolute Gasteiger partial charge is 0.465 e. The number of hydrogen-bond acceptors (Lipinski definition) is 4. The zero-order valence-corrected chi connectivity index (χ0v) is 15.4. The van der Waals surface area contributed by atoms with E-state index in [-0.39, 0.29) is 6.61 Å². The second kappa shape index (κ2) is 8.10. The first-order valence-corrected chi connectivity index (χ1v) is 8.54. The van der Waals surface area contributed by atoms with Gasteiger partial charge in [0.1, 0.15) is 6.29 Å². The van der Waals surface area contributed by atoms with Gasteiger partial charge in [0.05, 0.1) is 6.61 Å². The highest BCUT2D eigenvalue weighted by atomic mass is 127. The lowest BCUT2D eigenvalue weighted by molar-refractivity contribution is -0.149. The van der Waals surface area contributed by atoms with E-state index in [1.807, 2.05) is 30.3 Å². The van der Waals surface area contributed by atoms with Crippen LogP contribution in [-0.2, 0) is 19.7 Å². The minimum Gasteiger partial charge on any atom is -0.465 e. The van der Waals surface area contributed by atoms with Crippen LogP contribution in [0.4, 0.5) is 0 Å². The second-order valence-electron chi connectivity index (χ2n) is 5.18. The van der Waals surface area contributed by atoms with Crippen molar-refractivity contribution in [3.8, 4) is 0 Å². The minimum atomic E-state index is -1.57. The number of carbonyl (C=O) groups excluding carboxylic acids is 2. The Morgan fingerprint density at radius 2 is 1.79 bits per heavy atom. The van der Waals surface area contributed by atoms with E-state index in [0.29, 0.717) is 17.5 Å². The maximum absolute atomic E-state index is 12.6. The van der Waals surface area contributed by atoms with Gasteiger partial charge in [0.15, 0.2) is 5.41 Å². The van der Waals surface area contributed by atoms with Crippen molar-refractivity contribution in [1.29, 1.82) is 0 Å². The van der Waals surface area contributed by atoms with E-state index in [4.69, 9.17) is 10.5 Å². The molecular weight excluding hydrogens is 417 g/mol. The topological polar surface area (TPSA) is 69.4 Å². The summed E-state index contributed by atoms with van der Waals surface area (Å²) in [5.41, 5.74) is 6.21. The van der Waals surface area contributed by atoms with E-state index in [9.17, 15) is 9.59 Å². The molecule has 0 aromatic heterocycles. The number of rotatable bonds is 6. The van der Waals surface area contributed by atoms with Gasteiger partial charge >= 0.3 is 5.97 Å². The first kappa shape index (κ1) is 18.2. The van der Waals surface area contributed by atoms with E-state index in [0.717, 1.165) is 9.13 Å². The third kappa shape index (κ3) is 3.84. The summed E-state index contributed by atoms with van der Waals surface area (Å²) in [6.07, 6.45) is 2.05. The predicted molar refractivity (Wildman–Crippen MR) is 102 cm³/mol. The summed E-state index contributed by atoms with van der Waals surface area (Å²) in [7, 11) is 0. The summed E-state index contributed by atoms with van der Waals surface area (Å²) in [4.78, 5) is 24.5. The molecule has 0 bridgehead atoms. The third-order valence-electron chi connectivity index (χ3n) is 3.61. The van der Waals surface area contributed by atoms with Crippen LogP contribution in [0, 0.1) is 3.57 Å². The molecule has 0 spiro atoms. The molecular formula is C19H18INO3. The van der Waals surface area contributed by atoms with E-state index in [1.54, 1.807) is 31.2 Å². The molecule has 0 saturated carbocycles. The van der Waals surface area contributed by atoms with Crippen LogP contribution < -0.4 is 5.73 Å². The van der Waals surface area contributed by atoms with Crippen LogP contribution in [0.25, 0.3) is 5.70 Å². The van der Waals surface area contributed by atoms with Gasteiger partial charge in [-0.05, 0) is 58.9 Å². The van der Waals surface area contributed by atoms with Gasteiger partial charge < -0.3 is 15.3 Å². The lowest BCUT2D eigenvalue weighted by Gasteiger charge is -2.23. The SMILES string of the molecule is CCOC(=O)C(C=O)(C=C(N)c1ccc(I)cc1)c1ccccc1. The Kier molecular flexibility index (Phi) is 6.14. The predicted octanol–water partition coefficient (Wildman–Crippen LogP) is 3.29. The fraction of sp³-hybridized carbons (Fsp3) is 0.158. The van der Waals surface area contributed by atoms with Crippen LogP contribution in [0.1, 0.15) is 18.1 Å². The summed E-state index contributed by atoms with van der Waals surface area (Å²) in [6.45, 7) is 1.88. The number of esters is 1. The molecule has 0 saturated heterocycles. The summed E-state index contributed by atoms with van der Waals surface area (Å²) in [5, 5.41) is 0. The fourth-order valence-corrected chi connectivity index (χ4v) is 2.71. The van der Waals surface area contributed by atoms with Gasteiger partial charge in [-0.25, -0.2) is 0 Å². The highest BCUT2D eigenvalue weighted by Crippen LogP contribution is 2.28. The quantitative estimate of drug-likeness (QED) is 0.327. The Morgan fingerprint density at radius 1 is 1.17 bits per heavy atom. The van der Waals surface area contributed by atoms with Crippen molar-refractivity contribution in [2.75, 3.05) is 6.61 Å². The molecule has 0 aliphatic carbocycles. The van der Waals surface area contributed by atoms with Gasteiger partial charge in [-0.1, -0.05) is 42.5 Å². The van der Waals surface area contributed by atoms with Crippen LogP contribution >= 0.6 is 22.6 Å². The minimum absolute atomic E-state index is 0.179. The van der Waals surface area contributed by atoms with Crippen molar-refractivity contribution in [2.24, 2.45) is 5.73 Å². The molecule has 2 aromatic carbocycles. The van der Waals surface area contributed by atoms with E-state index < -0.39 is 11.4 Å². The number of hydrogen-bond donors (Lipinski definition) is 1. The smallest absolute Gasteiger partial charge is 0.327 e. The maximum atomic E-state index is 12.6. The van der Waals surface area contributed by atoms with Crippen molar-refractivity contribution in [3.05, 3.63) is 75.4 Å². The lowest BCUT2D eigenvalue weighted by Crippen LogP contribution is -2.38. The number of aldehydes is 1. The Balaban J connectivity index is 2.57. The molecule has 0 aliphatic rings. The van der Waals surface area contributed by atoms with Crippen LogP contribution in [0.5, 0.6) is 0 Å². The van der Waals surface area contributed by atoms with Gasteiger partial charge in [-0.3, -0.25) is 4.79 Å². The number of benzene rings is 2. The van der Waals surface area contributed by atoms with Crippen LogP contribution in [0.2, 0.25) is 0 Å². The van der Waals surface area contributed by atoms with E-state index in [2.05, 4.69) is 22.6 Å². The maximum Gasteiger partial charge on any atom is 0.327 e. The van der Waals surface area contributed by atoms with Crippen LogP contribution in [-0.4, -0.2) is 18.9 Å². The normalized spacial score (nSPS) is 13.8. The molecule has 0 fully saturated rings. The summed E-state index contributed by atoms with van der Waals surface area (Å²) < 4.78 is 6.21. The Labute approximate surface area is 154 Å². The van der Waals surface area contributed by atoms with Gasteiger partial charge in [0, 0.05) is 9.27 Å². The average Bonchev–Trinajstić information content (AvgIpc) is 2.61. The molecule has 2 N–H and O–H groups in total. The number of ether oxygens (including phenoxy) is 1. The number of halogens is 1. The molecule has 2 rings (SSSR count). The Bertz CT molecular complexity index is 741. The molecule has 0 radical (unpaired) electrons. The van der Waals surface area contributed by atoms with Gasteiger partial charge in [0.25, 0.3) is 0 Å². The van der Waals surface area contributed by atoms with Gasteiger partial charge in [-0.2, -0.15) is 0 Å². The van der Waals surface area contributed by atoms with Gasteiger partial charge in [0.2, 0.25) is 0 Å². The summed E-state index contributed by atoms with van der Waals surface area (Å²) in [5.74, 6) is -0.639. The van der Waals surface area contributed by atoms with Crippen molar-refractivity contribution < 1.29 is 14.3 Å². The monoisotopic (exact) mass is 435 g/mol. The molecule has 0 aliphatic heterocycles. The van der Waals surface area contributed by atoms with Gasteiger partial charge in [-0.15, -0.1) is 0 Å². The highest BCUT2D eigenvalue weighted by molar-refractivity contribution is 14.1. The fourth-order valence-electron chi connectivity index (χ4n) is 2.35. The molecule has 1 atom stereocenters. The molecule has 24 heavy (non-hydrogen) atoms. The molecule has 0 amide bonds. The zero-order valence-electron chi connectivity index (χ0n) is 13.2.